The Kier molecular flexibility index (Phi) is 5.38. The molecular formula is C18H21NO2. The minimum absolute atomic E-state index is 0.0222. The molecule has 3 nitrogen and oxygen atoms in total. The Labute approximate surface area is 126 Å². The summed E-state index contributed by atoms with van der Waals surface area (Å²) in [4.78, 5) is 11.8. The van der Waals surface area contributed by atoms with Crippen LogP contribution in [0.25, 0.3) is 0 Å². The van der Waals surface area contributed by atoms with E-state index in [1.807, 2.05) is 62.4 Å². The molecule has 0 aromatic heterocycles. The van der Waals surface area contributed by atoms with E-state index in [0.29, 0.717) is 19.6 Å². The lowest BCUT2D eigenvalue weighted by Gasteiger charge is -2.10. The number of nitrogens with one attached hydrogen (secondary N) is 1. The first-order chi connectivity index (χ1) is 10.1. The van der Waals surface area contributed by atoms with Crippen LogP contribution >= 0.6 is 0 Å². The van der Waals surface area contributed by atoms with Gasteiger partial charge in [0.1, 0.15) is 12.4 Å². The second kappa shape index (κ2) is 7.48. The lowest BCUT2D eigenvalue weighted by Crippen LogP contribution is -2.29. The maximum atomic E-state index is 11.8. The normalized spacial score (nSPS) is 10.2. The van der Waals surface area contributed by atoms with Crippen LogP contribution < -0.4 is 10.1 Å². The molecular weight excluding hydrogens is 262 g/mol. The van der Waals surface area contributed by atoms with E-state index in [1.165, 1.54) is 5.56 Å². The molecule has 3 heteroatoms. The van der Waals surface area contributed by atoms with Gasteiger partial charge in [-0.1, -0.05) is 48.0 Å². The number of hydrogen-bond donors (Lipinski definition) is 1. The van der Waals surface area contributed by atoms with Crippen molar-refractivity contribution in [1.29, 1.82) is 0 Å². The zero-order valence-electron chi connectivity index (χ0n) is 12.6. The predicted molar refractivity (Wildman–Crippen MR) is 84.6 cm³/mol. The van der Waals surface area contributed by atoms with Crippen LogP contribution in [0.5, 0.6) is 5.75 Å². The van der Waals surface area contributed by atoms with Crippen molar-refractivity contribution >= 4 is 5.91 Å². The van der Waals surface area contributed by atoms with E-state index >= 15 is 0 Å². The molecule has 2 rings (SSSR count). The predicted octanol–water partition coefficient (Wildman–Crippen LogP) is 3.04. The van der Waals surface area contributed by atoms with Gasteiger partial charge in [-0.15, -0.1) is 0 Å². The molecule has 0 heterocycles. The van der Waals surface area contributed by atoms with Crippen LogP contribution in [-0.4, -0.2) is 19.1 Å². The summed E-state index contributed by atoms with van der Waals surface area (Å²) >= 11 is 0. The van der Waals surface area contributed by atoms with Crippen molar-refractivity contribution < 1.29 is 9.53 Å². The Morgan fingerprint density at radius 2 is 1.90 bits per heavy atom. The molecule has 0 saturated heterocycles. The summed E-state index contributed by atoms with van der Waals surface area (Å²) in [5.41, 5.74) is 3.30. The molecule has 0 saturated carbocycles. The molecule has 0 radical (unpaired) electrons. The number of aryl methyl sites for hydroxylation is 2. The minimum Gasteiger partial charge on any atom is -0.491 e. The van der Waals surface area contributed by atoms with Crippen LogP contribution in [0.4, 0.5) is 0 Å². The summed E-state index contributed by atoms with van der Waals surface area (Å²) in [6, 6.07) is 15.9. The van der Waals surface area contributed by atoms with Crippen LogP contribution in [-0.2, 0) is 11.2 Å². The van der Waals surface area contributed by atoms with Crippen molar-refractivity contribution in [2.24, 2.45) is 0 Å². The first-order valence-electron chi connectivity index (χ1n) is 7.16. The van der Waals surface area contributed by atoms with Gasteiger partial charge >= 0.3 is 0 Å². The van der Waals surface area contributed by atoms with Crippen molar-refractivity contribution in [3.63, 3.8) is 0 Å². The zero-order valence-corrected chi connectivity index (χ0v) is 12.6. The van der Waals surface area contributed by atoms with Gasteiger partial charge in [0.2, 0.25) is 5.91 Å². The largest absolute Gasteiger partial charge is 0.491 e. The highest BCUT2D eigenvalue weighted by Gasteiger charge is 2.03. The number of hydrogen-bond acceptors (Lipinski definition) is 2. The molecule has 0 bridgehead atoms. The molecule has 0 aliphatic carbocycles. The summed E-state index contributed by atoms with van der Waals surface area (Å²) in [7, 11) is 0. The molecule has 0 aliphatic heterocycles. The molecule has 0 fully saturated rings. The average molecular weight is 283 g/mol. The van der Waals surface area contributed by atoms with Gasteiger partial charge in [-0.2, -0.15) is 0 Å². The van der Waals surface area contributed by atoms with Gasteiger partial charge in [-0.3, -0.25) is 4.79 Å². The Morgan fingerprint density at radius 3 is 2.67 bits per heavy atom. The summed E-state index contributed by atoms with van der Waals surface area (Å²) in [6.07, 6.45) is 0.409. The number of amides is 1. The van der Waals surface area contributed by atoms with E-state index in [1.54, 1.807) is 0 Å². The standard InChI is InChI=1S/C18H21NO2/c1-14-6-5-8-16(12-14)13-18(20)19-10-11-21-17-9-4-3-7-15(17)2/h3-9,12H,10-11,13H2,1-2H3,(H,19,20). The molecule has 110 valence electrons. The van der Waals surface area contributed by atoms with Crippen molar-refractivity contribution in [3.8, 4) is 5.75 Å². The third-order valence-electron chi connectivity index (χ3n) is 3.22. The number of ether oxygens (including phenoxy) is 1. The SMILES string of the molecule is Cc1cccc(CC(=O)NCCOc2ccccc2C)c1. The molecule has 1 amide bonds. The zero-order chi connectivity index (χ0) is 15.1. The quantitative estimate of drug-likeness (QED) is 0.828. The van der Waals surface area contributed by atoms with Gasteiger partial charge in [-0.05, 0) is 31.0 Å². The molecule has 21 heavy (non-hydrogen) atoms. The maximum Gasteiger partial charge on any atom is 0.224 e. The lowest BCUT2D eigenvalue weighted by atomic mass is 10.1. The Bertz CT molecular complexity index is 608. The van der Waals surface area contributed by atoms with E-state index < -0.39 is 0 Å². The smallest absolute Gasteiger partial charge is 0.224 e. The third kappa shape index (κ3) is 4.95. The van der Waals surface area contributed by atoms with Gasteiger partial charge in [0, 0.05) is 0 Å². The Hall–Kier alpha value is -2.29. The molecule has 1 N–H and O–H groups in total. The van der Waals surface area contributed by atoms with Crippen molar-refractivity contribution in [1.82, 2.24) is 5.32 Å². The monoisotopic (exact) mass is 283 g/mol. The van der Waals surface area contributed by atoms with Crippen molar-refractivity contribution in [2.75, 3.05) is 13.2 Å². The van der Waals surface area contributed by atoms with E-state index in [0.717, 1.165) is 16.9 Å². The first-order valence-corrected chi connectivity index (χ1v) is 7.16. The third-order valence-corrected chi connectivity index (χ3v) is 3.22. The summed E-state index contributed by atoms with van der Waals surface area (Å²) in [5, 5.41) is 2.88. The highest BCUT2D eigenvalue weighted by Crippen LogP contribution is 2.15. The molecule has 2 aromatic carbocycles. The fourth-order valence-electron chi connectivity index (χ4n) is 2.14. The molecule has 2 aromatic rings. The maximum absolute atomic E-state index is 11.8. The van der Waals surface area contributed by atoms with Gasteiger partial charge in [0.15, 0.2) is 0 Å². The fourth-order valence-corrected chi connectivity index (χ4v) is 2.14. The fraction of sp³-hybridized carbons (Fsp3) is 0.278. The summed E-state index contributed by atoms with van der Waals surface area (Å²) in [6.45, 7) is 5.02. The van der Waals surface area contributed by atoms with Crippen LogP contribution in [0.2, 0.25) is 0 Å². The van der Waals surface area contributed by atoms with Crippen LogP contribution in [0.15, 0.2) is 48.5 Å². The first kappa shape index (κ1) is 15.1. The van der Waals surface area contributed by atoms with Crippen molar-refractivity contribution in [3.05, 3.63) is 65.2 Å². The topological polar surface area (TPSA) is 38.3 Å². The van der Waals surface area contributed by atoms with Crippen LogP contribution in [0.1, 0.15) is 16.7 Å². The van der Waals surface area contributed by atoms with E-state index in [-0.39, 0.29) is 5.91 Å². The highest BCUT2D eigenvalue weighted by atomic mass is 16.5. The Balaban J connectivity index is 1.71. The number of para-hydroxylation sites is 1. The van der Waals surface area contributed by atoms with E-state index in [2.05, 4.69) is 5.32 Å². The lowest BCUT2D eigenvalue weighted by molar-refractivity contribution is -0.120. The molecule has 0 atom stereocenters. The minimum atomic E-state index is 0.0222. The van der Waals surface area contributed by atoms with Gasteiger partial charge in [0.05, 0.1) is 13.0 Å². The van der Waals surface area contributed by atoms with E-state index in [9.17, 15) is 4.79 Å². The van der Waals surface area contributed by atoms with Crippen LogP contribution in [0, 0.1) is 13.8 Å². The Morgan fingerprint density at radius 1 is 1.10 bits per heavy atom. The summed E-state index contributed by atoms with van der Waals surface area (Å²) < 4.78 is 5.64. The number of benzene rings is 2. The number of rotatable bonds is 6. The van der Waals surface area contributed by atoms with Gasteiger partial charge in [-0.25, -0.2) is 0 Å². The molecule has 0 unspecified atom stereocenters. The van der Waals surface area contributed by atoms with Crippen LogP contribution in [0.3, 0.4) is 0 Å². The second-order valence-corrected chi connectivity index (χ2v) is 5.13. The van der Waals surface area contributed by atoms with Crippen molar-refractivity contribution in [2.45, 2.75) is 20.3 Å². The summed E-state index contributed by atoms with van der Waals surface area (Å²) in [5.74, 6) is 0.888. The van der Waals surface area contributed by atoms with E-state index in [4.69, 9.17) is 4.74 Å². The van der Waals surface area contributed by atoms with Gasteiger partial charge < -0.3 is 10.1 Å². The molecule has 0 spiro atoms. The molecule has 0 aliphatic rings. The number of carbonyl (C=O) groups is 1. The average Bonchev–Trinajstić information content (AvgIpc) is 2.45. The number of carbonyl (C=O) groups excluding carboxylic acids is 1. The second-order valence-electron chi connectivity index (χ2n) is 5.13. The van der Waals surface area contributed by atoms with Gasteiger partial charge in [0.25, 0.3) is 0 Å². The highest BCUT2D eigenvalue weighted by molar-refractivity contribution is 5.78.